The van der Waals surface area contributed by atoms with Crippen LogP contribution < -0.4 is 5.32 Å². The van der Waals surface area contributed by atoms with Gasteiger partial charge in [-0.15, -0.1) is 0 Å². The lowest BCUT2D eigenvalue weighted by Gasteiger charge is -2.33. The number of benzene rings is 1. The standard InChI is InChI=1S/C18H20ClFN4O4/c1-2-28-17(26)13-15(19)22-18(21-13)23-16(25)14(24-7-9-27-10-8-24)11-5-3-4-6-12(11)20/h3-6,14H,2,7-10H2,1H3,(H2,21,22,23,25). The zero-order valence-electron chi connectivity index (χ0n) is 15.2. The number of nitrogens with zero attached hydrogens (tertiary/aromatic N) is 2. The number of nitrogens with one attached hydrogen (secondary N) is 2. The summed E-state index contributed by atoms with van der Waals surface area (Å²) in [6.07, 6.45) is 0. The molecule has 1 fully saturated rings. The normalized spacial score (nSPS) is 15.8. The summed E-state index contributed by atoms with van der Waals surface area (Å²) in [7, 11) is 0. The Morgan fingerprint density at radius 2 is 2.11 bits per heavy atom. The molecule has 1 aromatic heterocycles. The van der Waals surface area contributed by atoms with E-state index in [9.17, 15) is 14.0 Å². The largest absolute Gasteiger partial charge is 0.461 e. The molecule has 0 aliphatic carbocycles. The van der Waals surface area contributed by atoms with Gasteiger partial charge in [-0.25, -0.2) is 14.2 Å². The molecule has 1 aliphatic heterocycles. The number of anilines is 1. The second kappa shape index (κ2) is 9.13. The summed E-state index contributed by atoms with van der Waals surface area (Å²) in [6.45, 7) is 3.65. The Balaban J connectivity index is 1.85. The highest BCUT2D eigenvalue weighted by Gasteiger charge is 2.32. The van der Waals surface area contributed by atoms with Crippen LogP contribution in [0.5, 0.6) is 0 Å². The summed E-state index contributed by atoms with van der Waals surface area (Å²) in [5, 5.41) is 2.52. The van der Waals surface area contributed by atoms with Gasteiger partial charge in [-0.2, -0.15) is 0 Å². The SMILES string of the molecule is CCOC(=O)c1nc(NC(=O)C(c2ccccc2F)N2CCOCC2)[nH]c1Cl. The first-order chi connectivity index (χ1) is 13.5. The molecular weight excluding hydrogens is 391 g/mol. The average Bonchev–Trinajstić information content (AvgIpc) is 3.05. The van der Waals surface area contributed by atoms with Crippen LogP contribution in [0.1, 0.15) is 29.0 Å². The van der Waals surface area contributed by atoms with Crippen molar-refractivity contribution in [2.75, 3.05) is 38.2 Å². The molecule has 0 saturated carbocycles. The summed E-state index contributed by atoms with van der Waals surface area (Å²) in [5.41, 5.74) is 0.109. The molecule has 1 unspecified atom stereocenters. The maximum Gasteiger partial charge on any atom is 0.360 e. The predicted molar refractivity (Wildman–Crippen MR) is 99.7 cm³/mol. The van der Waals surface area contributed by atoms with Crippen molar-refractivity contribution in [2.24, 2.45) is 0 Å². The Bertz CT molecular complexity index is 854. The van der Waals surface area contributed by atoms with Gasteiger partial charge in [0.2, 0.25) is 11.9 Å². The van der Waals surface area contributed by atoms with Gasteiger partial charge in [0.25, 0.3) is 0 Å². The van der Waals surface area contributed by atoms with E-state index in [1.807, 2.05) is 4.90 Å². The van der Waals surface area contributed by atoms with E-state index in [1.165, 1.54) is 6.07 Å². The van der Waals surface area contributed by atoms with E-state index in [4.69, 9.17) is 21.1 Å². The number of H-pyrrole nitrogens is 1. The Morgan fingerprint density at radius 3 is 2.79 bits per heavy atom. The Labute approximate surface area is 166 Å². The number of amides is 1. The molecule has 1 atom stereocenters. The van der Waals surface area contributed by atoms with Gasteiger partial charge < -0.3 is 14.5 Å². The lowest BCUT2D eigenvalue weighted by molar-refractivity contribution is -0.123. The number of ether oxygens (including phenoxy) is 2. The van der Waals surface area contributed by atoms with Crippen molar-refractivity contribution in [3.63, 3.8) is 0 Å². The quantitative estimate of drug-likeness (QED) is 0.710. The van der Waals surface area contributed by atoms with Gasteiger partial charge in [0.05, 0.1) is 19.8 Å². The van der Waals surface area contributed by atoms with Gasteiger partial charge in [0.1, 0.15) is 17.0 Å². The first kappa shape index (κ1) is 20.2. The van der Waals surface area contributed by atoms with Crippen LogP contribution in [0.4, 0.5) is 10.3 Å². The molecule has 8 nitrogen and oxygen atoms in total. The first-order valence-corrected chi connectivity index (χ1v) is 9.18. The van der Waals surface area contributed by atoms with Crippen molar-refractivity contribution >= 4 is 29.4 Å². The maximum atomic E-state index is 14.4. The van der Waals surface area contributed by atoms with E-state index >= 15 is 0 Å². The number of imidazole rings is 1. The summed E-state index contributed by atoms with van der Waals surface area (Å²) in [4.78, 5) is 33.3. The number of hydrogen-bond acceptors (Lipinski definition) is 6. The van der Waals surface area contributed by atoms with Crippen LogP contribution >= 0.6 is 11.6 Å². The zero-order chi connectivity index (χ0) is 20.1. The molecule has 1 aliphatic rings. The van der Waals surface area contributed by atoms with E-state index in [0.717, 1.165) is 0 Å². The molecule has 1 amide bonds. The minimum absolute atomic E-state index is 0.0207. The smallest absolute Gasteiger partial charge is 0.360 e. The highest BCUT2D eigenvalue weighted by atomic mass is 35.5. The van der Waals surface area contributed by atoms with Crippen molar-refractivity contribution in [3.8, 4) is 0 Å². The van der Waals surface area contributed by atoms with Crippen molar-refractivity contribution < 1.29 is 23.5 Å². The predicted octanol–water partition coefficient (Wildman–Crippen LogP) is 2.39. The zero-order valence-corrected chi connectivity index (χ0v) is 16.0. The molecule has 1 saturated heterocycles. The Morgan fingerprint density at radius 1 is 1.39 bits per heavy atom. The molecule has 2 N–H and O–H groups in total. The number of hydrogen-bond donors (Lipinski definition) is 2. The monoisotopic (exact) mass is 410 g/mol. The van der Waals surface area contributed by atoms with Gasteiger partial charge in [0.15, 0.2) is 5.69 Å². The lowest BCUT2D eigenvalue weighted by atomic mass is 10.0. The molecule has 2 heterocycles. The van der Waals surface area contributed by atoms with E-state index in [1.54, 1.807) is 25.1 Å². The van der Waals surface area contributed by atoms with E-state index in [0.29, 0.717) is 26.3 Å². The Hall–Kier alpha value is -2.49. The molecule has 1 aromatic carbocycles. The maximum absolute atomic E-state index is 14.4. The van der Waals surface area contributed by atoms with Crippen LogP contribution in [0.2, 0.25) is 5.15 Å². The van der Waals surface area contributed by atoms with Gasteiger partial charge in [-0.05, 0) is 13.0 Å². The number of aromatic nitrogens is 2. The number of carbonyl (C=O) groups excluding carboxylic acids is 2. The van der Waals surface area contributed by atoms with E-state index < -0.39 is 23.7 Å². The van der Waals surface area contributed by atoms with Crippen molar-refractivity contribution in [1.29, 1.82) is 0 Å². The Kier molecular flexibility index (Phi) is 6.61. The van der Waals surface area contributed by atoms with Gasteiger partial charge >= 0.3 is 5.97 Å². The highest BCUT2D eigenvalue weighted by molar-refractivity contribution is 6.32. The second-order valence-corrected chi connectivity index (χ2v) is 6.41. The fourth-order valence-electron chi connectivity index (χ4n) is 2.97. The fraction of sp³-hybridized carbons (Fsp3) is 0.389. The summed E-state index contributed by atoms with van der Waals surface area (Å²) in [5.74, 6) is -1.72. The second-order valence-electron chi connectivity index (χ2n) is 6.03. The third-order valence-corrected chi connectivity index (χ3v) is 4.50. The van der Waals surface area contributed by atoms with Crippen molar-refractivity contribution in [3.05, 3.63) is 46.5 Å². The number of halogens is 2. The minimum atomic E-state index is -0.889. The van der Waals surface area contributed by atoms with Gasteiger partial charge in [0, 0.05) is 18.7 Å². The summed E-state index contributed by atoms with van der Waals surface area (Å²) >= 11 is 5.97. The van der Waals surface area contributed by atoms with E-state index in [-0.39, 0.29) is 29.0 Å². The number of rotatable bonds is 6. The number of morpholine rings is 1. The van der Waals surface area contributed by atoms with Crippen molar-refractivity contribution in [2.45, 2.75) is 13.0 Å². The number of aromatic amines is 1. The third-order valence-electron chi connectivity index (χ3n) is 4.23. The fourth-order valence-corrected chi connectivity index (χ4v) is 3.18. The molecule has 28 heavy (non-hydrogen) atoms. The van der Waals surface area contributed by atoms with Crippen LogP contribution in [-0.2, 0) is 14.3 Å². The molecule has 10 heteroatoms. The van der Waals surface area contributed by atoms with Crippen LogP contribution in [0.15, 0.2) is 24.3 Å². The topological polar surface area (TPSA) is 96.5 Å². The van der Waals surface area contributed by atoms with E-state index in [2.05, 4.69) is 15.3 Å². The van der Waals surface area contributed by atoms with Gasteiger partial charge in [-0.1, -0.05) is 29.8 Å². The molecule has 3 rings (SSSR count). The lowest BCUT2D eigenvalue weighted by Crippen LogP contribution is -2.44. The minimum Gasteiger partial charge on any atom is -0.461 e. The van der Waals surface area contributed by atoms with Crippen LogP contribution in [0, 0.1) is 5.82 Å². The van der Waals surface area contributed by atoms with Gasteiger partial charge in [-0.3, -0.25) is 15.0 Å². The molecule has 0 radical (unpaired) electrons. The highest BCUT2D eigenvalue weighted by Crippen LogP contribution is 2.26. The molecule has 0 spiro atoms. The molecule has 0 bridgehead atoms. The van der Waals surface area contributed by atoms with Crippen LogP contribution in [0.3, 0.4) is 0 Å². The third kappa shape index (κ3) is 4.49. The summed E-state index contributed by atoms with van der Waals surface area (Å²) < 4.78 is 24.6. The molecule has 150 valence electrons. The number of carbonyl (C=O) groups is 2. The first-order valence-electron chi connectivity index (χ1n) is 8.81. The van der Waals surface area contributed by atoms with Crippen molar-refractivity contribution in [1.82, 2.24) is 14.9 Å². The molecule has 2 aromatic rings. The van der Waals surface area contributed by atoms with Crippen LogP contribution in [-0.4, -0.2) is 59.7 Å². The average molecular weight is 411 g/mol. The summed E-state index contributed by atoms with van der Waals surface area (Å²) in [6, 6.07) is 5.21. The van der Waals surface area contributed by atoms with Crippen LogP contribution in [0.25, 0.3) is 0 Å². The molecular formula is C18H20ClFN4O4. The number of esters is 1.